The lowest BCUT2D eigenvalue weighted by molar-refractivity contribution is -0.171. The van der Waals surface area contributed by atoms with Crippen LogP contribution in [0.25, 0.3) is 0 Å². The van der Waals surface area contributed by atoms with Gasteiger partial charge in [-0.1, -0.05) is 39.8 Å². The number of esters is 3. The Labute approximate surface area is 183 Å². The average molecular weight is 435 g/mol. The van der Waals surface area contributed by atoms with Crippen LogP contribution in [0.2, 0.25) is 0 Å². The van der Waals surface area contributed by atoms with Crippen LogP contribution in [0.3, 0.4) is 0 Å². The molecule has 0 aromatic carbocycles. The highest BCUT2D eigenvalue weighted by molar-refractivity contribution is 6.08. The van der Waals surface area contributed by atoms with Crippen LogP contribution in [0.15, 0.2) is 12.2 Å². The zero-order chi connectivity index (χ0) is 23.0. The van der Waals surface area contributed by atoms with Crippen molar-refractivity contribution in [3.8, 4) is 0 Å². The van der Waals surface area contributed by atoms with Crippen LogP contribution in [0.4, 0.5) is 0 Å². The molecule has 1 atom stereocenters. The van der Waals surface area contributed by atoms with Crippen molar-refractivity contribution in [1.82, 2.24) is 0 Å². The third-order valence-corrected chi connectivity index (χ3v) is 8.01. The van der Waals surface area contributed by atoms with E-state index in [1.165, 1.54) is 12.8 Å². The minimum absolute atomic E-state index is 0.000602. The van der Waals surface area contributed by atoms with Crippen LogP contribution in [-0.4, -0.2) is 35.1 Å². The van der Waals surface area contributed by atoms with Gasteiger partial charge in [-0.2, -0.15) is 0 Å². The zero-order valence-corrected chi connectivity index (χ0v) is 18.9. The van der Waals surface area contributed by atoms with Gasteiger partial charge in [0.2, 0.25) is 0 Å². The lowest BCUT2D eigenvalue weighted by Crippen LogP contribution is -2.35. The second-order valence-corrected chi connectivity index (χ2v) is 10.2. The quantitative estimate of drug-likeness (QED) is 0.395. The number of carbonyl (C=O) groups excluding carboxylic acids is 3. The molecule has 0 aromatic heterocycles. The fourth-order valence-corrected chi connectivity index (χ4v) is 5.10. The maximum atomic E-state index is 12.1. The number of carboxylic acids is 1. The molecule has 3 saturated carbocycles. The van der Waals surface area contributed by atoms with Crippen molar-refractivity contribution in [2.45, 2.75) is 85.2 Å². The highest BCUT2D eigenvalue weighted by atomic mass is 16.6. The SMILES string of the molecule is CC1(C)C(C)(C)C1(C(=O)O)C(=O)OC(=O)C1CC1.O=C(OC1CCCC1)C1C=CCC1. The predicted molar refractivity (Wildman–Crippen MR) is 112 cm³/mol. The highest BCUT2D eigenvalue weighted by Gasteiger charge is 2.87. The van der Waals surface area contributed by atoms with Crippen LogP contribution in [-0.2, 0) is 28.7 Å². The number of hydrogen-bond acceptors (Lipinski definition) is 6. The molecule has 7 heteroatoms. The van der Waals surface area contributed by atoms with E-state index in [-0.39, 0.29) is 23.9 Å². The molecule has 3 fully saturated rings. The molecule has 7 nitrogen and oxygen atoms in total. The van der Waals surface area contributed by atoms with Crippen molar-refractivity contribution >= 4 is 23.9 Å². The summed E-state index contributed by atoms with van der Waals surface area (Å²) in [6.45, 7) is 6.85. The Balaban J connectivity index is 0.000000185. The van der Waals surface area contributed by atoms with Gasteiger partial charge in [0.25, 0.3) is 0 Å². The van der Waals surface area contributed by atoms with Gasteiger partial charge in [0.15, 0.2) is 5.41 Å². The van der Waals surface area contributed by atoms with Gasteiger partial charge in [-0.15, -0.1) is 0 Å². The van der Waals surface area contributed by atoms with Crippen molar-refractivity contribution in [2.75, 3.05) is 0 Å². The van der Waals surface area contributed by atoms with Gasteiger partial charge < -0.3 is 14.6 Å². The number of rotatable bonds is 5. The number of aliphatic carboxylic acids is 1. The first-order valence-corrected chi connectivity index (χ1v) is 11.3. The Morgan fingerprint density at radius 3 is 1.87 bits per heavy atom. The monoisotopic (exact) mass is 434 g/mol. The van der Waals surface area contributed by atoms with E-state index >= 15 is 0 Å². The van der Waals surface area contributed by atoms with E-state index in [2.05, 4.69) is 6.08 Å². The molecule has 4 aliphatic rings. The van der Waals surface area contributed by atoms with Crippen molar-refractivity contribution in [3.05, 3.63) is 12.2 Å². The second kappa shape index (κ2) is 8.40. The van der Waals surface area contributed by atoms with E-state index in [1.807, 2.05) is 6.08 Å². The molecule has 4 rings (SSSR count). The van der Waals surface area contributed by atoms with Crippen molar-refractivity contribution < 1.29 is 33.8 Å². The summed E-state index contributed by atoms with van der Waals surface area (Å²) in [4.78, 5) is 46.7. The summed E-state index contributed by atoms with van der Waals surface area (Å²) < 4.78 is 10.2. The number of allylic oxidation sites excluding steroid dienone is 1. The molecular formula is C24H34O7. The van der Waals surface area contributed by atoms with Gasteiger partial charge in [-0.3, -0.25) is 19.2 Å². The van der Waals surface area contributed by atoms with Gasteiger partial charge in [-0.05, 0) is 62.2 Å². The summed E-state index contributed by atoms with van der Waals surface area (Å²) in [7, 11) is 0. The first-order chi connectivity index (χ1) is 14.5. The molecular weight excluding hydrogens is 400 g/mol. The second-order valence-electron chi connectivity index (χ2n) is 10.2. The van der Waals surface area contributed by atoms with Crippen molar-refractivity contribution in [1.29, 1.82) is 0 Å². The summed E-state index contributed by atoms with van der Waals surface area (Å²) in [5, 5.41) is 9.40. The standard InChI is InChI=1S/C13H18O5.C11H16O2/c1-11(2)12(3,4)13(11,9(15)16)10(17)18-8(14)7-5-6-7;12-11(9-5-1-2-6-9)13-10-7-3-4-8-10/h7H,5-6H2,1-4H3,(H,15,16);1,5,9-10H,2-4,6-8H2. The van der Waals surface area contributed by atoms with E-state index < -0.39 is 34.2 Å². The molecule has 0 bridgehead atoms. The Morgan fingerprint density at radius 2 is 1.45 bits per heavy atom. The molecule has 0 amide bonds. The smallest absolute Gasteiger partial charge is 0.332 e. The minimum atomic E-state index is -1.62. The Bertz CT molecular complexity index is 768. The number of ether oxygens (including phenoxy) is 2. The van der Waals surface area contributed by atoms with E-state index in [4.69, 9.17) is 9.47 Å². The Morgan fingerprint density at radius 1 is 0.871 bits per heavy atom. The topological polar surface area (TPSA) is 107 Å². The summed E-state index contributed by atoms with van der Waals surface area (Å²) >= 11 is 0. The van der Waals surface area contributed by atoms with Gasteiger partial charge in [-0.25, -0.2) is 0 Å². The van der Waals surface area contributed by atoms with Crippen LogP contribution in [0.1, 0.15) is 79.1 Å². The van der Waals surface area contributed by atoms with E-state index in [1.54, 1.807) is 27.7 Å². The molecule has 4 aliphatic carbocycles. The van der Waals surface area contributed by atoms with Crippen LogP contribution < -0.4 is 0 Å². The van der Waals surface area contributed by atoms with Crippen LogP contribution in [0, 0.1) is 28.1 Å². The summed E-state index contributed by atoms with van der Waals surface area (Å²) in [5.41, 5.74) is -3.08. The summed E-state index contributed by atoms with van der Waals surface area (Å²) in [6.07, 6.45) is 12.3. The third-order valence-electron chi connectivity index (χ3n) is 8.01. The van der Waals surface area contributed by atoms with Gasteiger partial charge in [0, 0.05) is 0 Å². The van der Waals surface area contributed by atoms with E-state index in [0.717, 1.165) is 38.5 Å². The molecule has 1 unspecified atom stereocenters. The molecule has 0 aliphatic heterocycles. The maximum absolute atomic E-state index is 12.1. The van der Waals surface area contributed by atoms with Gasteiger partial charge >= 0.3 is 23.9 Å². The first-order valence-electron chi connectivity index (χ1n) is 11.3. The largest absolute Gasteiger partial charge is 0.480 e. The summed E-state index contributed by atoms with van der Waals surface area (Å²) in [5.74, 6) is -2.88. The van der Waals surface area contributed by atoms with E-state index in [9.17, 15) is 24.3 Å². The fraction of sp³-hybridized carbons (Fsp3) is 0.750. The van der Waals surface area contributed by atoms with Gasteiger partial charge in [0.05, 0.1) is 11.8 Å². The molecule has 31 heavy (non-hydrogen) atoms. The lowest BCUT2D eigenvalue weighted by atomic mass is 9.95. The molecule has 0 radical (unpaired) electrons. The predicted octanol–water partition coefficient (Wildman–Crippen LogP) is 4.04. The molecule has 0 heterocycles. The Hall–Kier alpha value is -2.18. The number of carbonyl (C=O) groups is 4. The zero-order valence-electron chi connectivity index (χ0n) is 18.9. The van der Waals surface area contributed by atoms with E-state index in [0.29, 0.717) is 0 Å². The molecule has 0 saturated heterocycles. The fourth-order valence-electron chi connectivity index (χ4n) is 5.10. The third kappa shape index (κ3) is 4.03. The van der Waals surface area contributed by atoms with Gasteiger partial charge in [0.1, 0.15) is 6.10 Å². The first kappa shape index (κ1) is 23.5. The van der Waals surface area contributed by atoms with Crippen molar-refractivity contribution in [3.63, 3.8) is 0 Å². The van der Waals surface area contributed by atoms with Crippen LogP contribution >= 0.6 is 0 Å². The number of carboxylic acid groups (broad SMARTS) is 1. The Kier molecular flexibility index (Phi) is 6.36. The molecule has 0 aromatic rings. The lowest BCUT2D eigenvalue weighted by Gasteiger charge is -2.14. The maximum Gasteiger partial charge on any atom is 0.332 e. The number of hydrogen-bond donors (Lipinski definition) is 1. The highest BCUT2D eigenvalue weighted by Crippen LogP contribution is 2.78. The average Bonchev–Trinajstić information content (AvgIpc) is 3.31. The normalized spacial score (nSPS) is 27.0. The molecule has 1 N–H and O–H groups in total. The molecule has 0 spiro atoms. The summed E-state index contributed by atoms with van der Waals surface area (Å²) in [6, 6.07) is 0. The minimum Gasteiger partial charge on any atom is -0.480 e. The van der Waals surface area contributed by atoms with Crippen LogP contribution in [0.5, 0.6) is 0 Å². The molecule has 172 valence electrons. The van der Waals surface area contributed by atoms with Crippen molar-refractivity contribution in [2.24, 2.45) is 28.1 Å².